The van der Waals surface area contributed by atoms with Crippen LogP contribution in [0.5, 0.6) is 0 Å². The van der Waals surface area contributed by atoms with Crippen molar-refractivity contribution >= 4 is 0 Å². The minimum absolute atomic E-state index is 0.180. The fourth-order valence-corrected chi connectivity index (χ4v) is 1.76. The summed E-state index contributed by atoms with van der Waals surface area (Å²) in [6.45, 7) is 1.29. The first-order valence-corrected chi connectivity index (χ1v) is 5.32. The van der Waals surface area contributed by atoms with Gasteiger partial charge in [0.05, 0.1) is 19.3 Å². The fraction of sp³-hybridized carbons (Fsp3) is 0.385. The third kappa shape index (κ3) is 3.18. The molecule has 0 amide bonds. The average molecular weight is 204 g/mol. The van der Waals surface area contributed by atoms with E-state index in [9.17, 15) is 5.11 Å². The molecule has 0 aromatic heterocycles. The summed E-state index contributed by atoms with van der Waals surface area (Å²) < 4.78 is 5.57. The highest BCUT2D eigenvalue weighted by Crippen LogP contribution is 2.18. The van der Waals surface area contributed by atoms with Gasteiger partial charge in [-0.3, -0.25) is 0 Å². The second kappa shape index (κ2) is 5.10. The standard InChI is InChI=1S/C13H16O2/c14-13-7-6-12(8-13)10-15-9-11-4-2-1-3-5-11/h1-6,13-14H,7-10H2. The number of benzene rings is 1. The van der Waals surface area contributed by atoms with Gasteiger partial charge >= 0.3 is 0 Å². The molecule has 1 atom stereocenters. The van der Waals surface area contributed by atoms with Crippen molar-refractivity contribution < 1.29 is 9.84 Å². The third-order valence-electron chi connectivity index (χ3n) is 2.58. The van der Waals surface area contributed by atoms with Gasteiger partial charge in [-0.15, -0.1) is 0 Å². The molecule has 1 aliphatic rings. The number of ether oxygens (including phenoxy) is 1. The van der Waals surface area contributed by atoms with Gasteiger partial charge < -0.3 is 9.84 Å². The predicted octanol–water partition coefficient (Wildman–Crippen LogP) is 2.28. The van der Waals surface area contributed by atoms with E-state index >= 15 is 0 Å². The molecule has 0 saturated heterocycles. The van der Waals surface area contributed by atoms with Crippen LogP contribution in [0.15, 0.2) is 42.0 Å². The summed E-state index contributed by atoms with van der Waals surface area (Å²) in [5, 5.41) is 9.31. The normalized spacial score (nSPS) is 20.3. The summed E-state index contributed by atoms with van der Waals surface area (Å²) in [5.74, 6) is 0. The first kappa shape index (κ1) is 10.4. The molecule has 0 saturated carbocycles. The van der Waals surface area contributed by atoms with Gasteiger partial charge in [0, 0.05) is 0 Å². The van der Waals surface area contributed by atoms with E-state index in [0.29, 0.717) is 13.2 Å². The fourth-order valence-electron chi connectivity index (χ4n) is 1.76. The Hall–Kier alpha value is -1.12. The molecule has 0 spiro atoms. The zero-order valence-corrected chi connectivity index (χ0v) is 8.73. The summed E-state index contributed by atoms with van der Waals surface area (Å²) >= 11 is 0. The lowest BCUT2D eigenvalue weighted by Crippen LogP contribution is -2.02. The van der Waals surface area contributed by atoms with Gasteiger partial charge in [-0.2, -0.15) is 0 Å². The maximum Gasteiger partial charge on any atom is 0.0721 e. The third-order valence-corrected chi connectivity index (χ3v) is 2.58. The summed E-state index contributed by atoms with van der Waals surface area (Å²) in [4.78, 5) is 0. The van der Waals surface area contributed by atoms with Gasteiger partial charge in [0.1, 0.15) is 0 Å². The van der Waals surface area contributed by atoms with Crippen LogP contribution in [-0.2, 0) is 11.3 Å². The average Bonchev–Trinajstić information content (AvgIpc) is 2.66. The molecule has 2 rings (SSSR count). The summed E-state index contributed by atoms with van der Waals surface area (Å²) in [6, 6.07) is 10.1. The van der Waals surface area contributed by atoms with Crippen molar-refractivity contribution in [3.05, 3.63) is 47.5 Å². The molecule has 1 aliphatic carbocycles. The van der Waals surface area contributed by atoms with E-state index in [1.165, 1.54) is 11.1 Å². The lowest BCUT2D eigenvalue weighted by atomic mass is 10.2. The molecule has 0 bridgehead atoms. The van der Waals surface area contributed by atoms with E-state index in [2.05, 4.69) is 18.2 Å². The summed E-state index contributed by atoms with van der Waals surface area (Å²) in [6.07, 6.45) is 3.45. The van der Waals surface area contributed by atoms with Crippen molar-refractivity contribution in [2.24, 2.45) is 0 Å². The monoisotopic (exact) mass is 204 g/mol. The van der Waals surface area contributed by atoms with Gasteiger partial charge in [-0.1, -0.05) is 36.4 Å². The Balaban J connectivity index is 1.72. The molecule has 0 fully saturated rings. The molecule has 1 aromatic carbocycles. The van der Waals surface area contributed by atoms with Crippen LogP contribution in [0.2, 0.25) is 0 Å². The molecule has 1 aromatic rings. The number of aliphatic hydroxyl groups is 1. The highest BCUT2D eigenvalue weighted by Gasteiger charge is 2.13. The zero-order valence-electron chi connectivity index (χ0n) is 8.73. The molecule has 0 aliphatic heterocycles. The molecular weight excluding hydrogens is 188 g/mol. The molecule has 1 unspecified atom stereocenters. The smallest absolute Gasteiger partial charge is 0.0721 e. The minimum atomic E-state index is -0.180. The van der Waals surface area contributed by atoms with Gasteiger partial charge in [-0.05, 0) is 24.0 Å². The predicted molar refractivity (Wildman–Crippen MR) is 59.4 cm³/mol. The van der Waals surface area contributed by atoms with E-state index in [1.807, 2.05) is 18.2 Å². The van der Waals surface area contributed by atoms with Crippen molar-refractivity contribution in [2.45, 2.75) is 25.6 Å². The SMILES string of the molecule is OC1CC=C(COCc2ccccc2)C1. The Bertz CT molecular complexity index is 330. The molecule has 15 heavy (non-hydrogen) atoms. The highest BCUT2D eigenvalue weighted by atomic mass is 16.5. The van der Waals surface area contributed by atoms with Crippen LogP contribution in [0.25, 0.3) is 0 Å². The minimum Gasteiger partial charge on any atom is -0.392 e. The van der Waals surface area contributed by atoms with Crippen LogP contribution in [0.1, 0.15) is 18.4 Å². The first-order valence-electron chi connectivity index (χ1n) is 5.32. The number of rotatable bonds is 4. The van der Waals surface area contributed by atoms with Gasteiger partial charge in [0.2, 0.25) is 0 Å². The molecule has 0 radical (unpaired) electrons. The van der Waals surface area contributed by atoms with Crippen LogP contribution < -0.4 is 0 Å². The Morgan fingerprint density at radius 1 is 1.20 bits per heavy atom. The van der Waals surface area contributed by atoms with Gasteiger partial charge in [-0.25, -0.2) is 0 Å². The van der Waals surface area contributed by atoms with Gasteiger partial charge in [0.15, 0.2) is 0 Å². The number of hydrogen-bond donors (Lipinski definition) is 1. The Morgan fingerprint density at radius 3 is 2.67 bits per heavy atom. The molecule has 80 valence electrons. The topological polar surface area (TPSA) is 29.5 Å². The van der Waals surface area contributed by atoms with Gasteiger partial charge in [0.25, 0.3) is 0 Å². The van der Waals surface area contributed by atoms with Crippen molar-refractivity contribution in [1.29, 1.82) is 0 Å². The molecule has 2 nitrogen and oxygen atoms in total. The van der Waals surface area contributed by atoms with Crippen molar-refractivity contribution in [3.8, 4) is 0 Å². The second-order valence-electron chi connectivity index (χ2n) is 3.93. The molecule has 2 heteroatoms. The lowest BCUT2D eigenvalue weighted by molar-refractivity contribution is 0.134. The Morgan fingerprint density at radius 2 is 2.00 bits per heavy atom. The zero-order chi connectivity index (χ0) is 10.5. The van der Waals surface area contributed by atoms with Crippen LogP contribution >= 0.6 is 0 Å². The van der Waals surface area contributed by atoms with Crippen LogP contribution in [-0.4, -0.2) is 17.8 Å². The quantitative estimate of drug-likeness (QED) is 0.762. The van der Waals surface area contributed by atoms with E-state index in [0.717, 1.165) is 12.8 Å². The highest BCUT2D eigenvalue weighted by molar-refractivity contribution is 5.14. The maximum atomic E-state index is 9.31. The van der Waals surface area contributed by atoms with Crippen LogP contribution in [0.4, 0.5) is 0 Å². The van der Waals surface area contributed by atoms with Crippen molar-refractivity contribution in [2.75, 3.05) is 6.61 Å². The van der Waals surface area contributed by atoms with Crippen LogP contribution in [0, 0.1) is 0 Å². The second-order valence-corrected chi connectivity index (χ2v) is 3.93. The Labute approximate surface area is 90.2 Å². The van der Waals surface area contributed by atoms with Crippen molar-refractivity contribution in [1.82, 2.24) is 0 Å². The maximum absolute atomic E-state index is 9.31. The van der Waals surface area contributed by atoms with E-state index in [-0.39, 0.29) is 6.10 Å². The molecule has 1 N–H and O–H groups in total. The summed E-state index contributed by atoms with van der Waals surface area (Å²) in [5.41, 5.74) is 2.41. The first-order chi connectivity index (χ1) is 7.34. The molecule has 0 heterocycles. The molecular formula is C13H16O2. The van der Waals surface area contributed by atoms with E-state index in [4.69, 9.17) is 4.74 Å². The van der Waals surface area contributed by atoms with E-state index in [1.54, 1.807) is 0 Å². The van der Waals surface area contributed by atoms with E-state index < -0.39 is 0 Å². The largest absolute Gasteiger partial charge is 0.392 e. The lowest BCUT2D eigenvalue weighted by Gasteiger charge is -2.05. The Kier molecular flexibility index (Phi) is 3.54. The van der Waals surface area contributed by atoms with Crippen LogP contribution in [0.3, 0.4) is 0 Å². The number of hydrogen-bond acceptors (Lipinski definition) is 2. The summed E-state index contributed by atoms with van der Waals surface area (Å²) in [7, 11) is 0. The van der Waals surface area contributed by atoms with Crippen molar-refractivity contribution in [3.63, 3.8) is 0 Å². The number of aliphatic hydroxyl groups excluding tert-OH is 1.